The van der Waals surface area contributed by atoms with Gasteiger partial charge in [-0.2, -0.15) is 5.26 Å². The van der Waals surface area contributed by atoms with E-state index >= 15 is 0 Å². The molecule has 1 aliphatic heterocycles. The van der Waals surface area contributed by atoms with Crippen LogP contribution in [0.3, 0.4) is 0 Å². The Labute approximate surface area is 200 Å². The number of anilines is 1. The fraction of sp³-hybridized carbons (Fsp3) is 0.391. The van der Waals surface area contributed by atoms with Crippen LogP contribution in [0.5, 0.6) is 0 Å². The minimum atomic E-state index is -1.19. The third kappa shape index (κ3) is 6.56. The maximum Gasteiger partial charge on any atom is 1.00 e. The van der Waals surface area contributed by atoms with E-state index in [2.05, 4.69) is 11.0 Å². The zero-order valence-electron chi connectivity index (χ0n) is 17.7. The van der Waals surface area contributed by atoms with Crippen molar-refractivity contribution < 1.29 is 44.6 Å². The van der Waals surface area contributed by atoms with E-state index in [1.165, 1.54) is 17.7 Å². The molecule has 2 aromatic rings. The molecule has 1 saturated heterocycles. The molecule has 7 heteroatoms. The standard InChI is InChI=1S/C23H27N3O3.Na/c1-25(21-8-6-20(7-9-21)22(27)28)17-23(29)11-14-26(15-12-23)13-10-18-2-4-19(16-24)5-3-18;/h2-9,29H,10-15,17H2,1H3,(H,27,28);/q;+1/p-1. The summed E-state index contributed by atoms with van der Waals surface area (Å²) in [5.74, 6) is -1.19. The SMILES string of the molecule is CN(CC1(O)CCN(CCc2ccc(C#N)cc2)CC1)c1ccc(C(=O)[O-])cc1.[Na+]. The number of hydrogen-bond acceptors (Lipinski definition) is 6. The van der Waals surface area contributed by atoms with Crippen LogP contribution in [-0.4, -0.2) is 54.8 Å². The van der Waals surface area contributed by atoms with Gasteiger partial charge in [0.05, 0.1) is 23.2 Å². The van der Waals surface area contributed by atoms with Crippen LogP contribution in [0.25, 0.3) is 0 Å². The van der Waals surface area contributed by atoms with Gasteiger partial charge in [0.1, 0.15) is 0 Å². The number of carboxylic acid groups (broad SMARTS) is 1. The van der Waals surface area contributed by atoms with Gasteiger partial charge in [0, 0.05) is 38.9 Å². The van der Waals surface area contributed by atoms with Gasteiger partial charge in [-0.15, -0.1) is 0 Å². The minimum absolute atomic E-state index is 0. The van der Waals surface area contributed by atoms with E-state index in [0.29, 0.717) is 24.9 Å². The molecule has 0 spiro atoms. The van der Waals surface area contributed by atoms with E-state index in [9.17, 15) is 15.0 Å². The molecule has 0 amide bonds. The molecule has 2 aromatic carbocycles. The summed E-state index contributed by atoms with van der Waals surface area (Å²) >= 11 is 0. The number of rotatable bonds is 7. The molecule has 6 nitrogen and oxygen atoms in total. The molecule has 0 aliphatic carbocycles. The van der Waals surface area contributed by atoms with Crippen LogP contribution in [0.4, 0.5) is 5.69 Å². The minimum Gasteiger partial charge on any atom is -0.545 e. The first-order chi connectivity index (χ1) is 13.9. The number of nitrogens with zero attached hydrogens (tertiary/aromatic N) is 3. The normalized spacial score (nSPS) is 15.6. The molecule has 1 fully saturated rings. The average molecular weight is 415 g/mol. The van der Waals surface area contributed by atoms with Gasteiger partial charge < -0.3 is 24.8 Å². The van der Waals surface area contributed by atoms with E-state index in [1.807, 2.05) is 36.2 Å². The molecule has 152 valence electrons. The smallest absolute Gasteiger partial charge is 0.545 e. The molecule has 30 heavy (non-hydrogen) atoms. The summed E-state index contributed by atoms with van der Waals surface area (Å²) in [6.45, 7) is 3.11. The van der Waals surface area contributed by atoms with Crippen LogP contribution in [0.1, 0.15) is 34.3 Å². The third-order valence-corrected chi connectivity index (χ3v) is 5.66. The van der Waals surface area contributed by atoms with Crippen LogP contribution in [0.15, 0.2) is 48.5 Å². The molecule has 0 unspecified atom stereocenters. The number of hydrogen-bond donors (Lipinski definition) is 1. The summed E-state index contributed by atoms with van der Waals surface area (Å²) in [5.41, 5.74) is 2.15. The van der Waals surface area contributed by atoms with Crippen molar-refractivity contribution in [2.75, 3.05) is 38.1 Å². The number of aromatic carboxylic acids is 1. The monoisotopic (exact) mass is 415 g/mol. The Morgan fingerprint density at radius 3 is 2.30 bits per heavy atom. The molecular formula is C23H26N3NaO3. The van der Waals surface area contributed by atoms with E-state index in [-0.39, 0.29) is 35.1 Å². The van der Waals surface area contributed by atoms with Crippen molar-refractivity contribution in [1.82, 2.24) is 4.90 Å². The largest absolute Gasteiger partial charge is 1.00 e. The number of nitriles is 1. The number of aliphatic hydroxyl groups is 1. The molecule has 1 aliphatic rings. The van der Waals surface area contributed by atoms with Gasteiger partial charge in [0.2, 0.25) is 0 Å². The third-order valence-electron chi connectivity index (χ3n) is 5.66. The van der Waals surface area contributed by atoms with Gasteiger partial charge in [-0.1, -0.05) is 24.3 Å². The Hall–Kier alpha value is -1.88. The molecule has 0 atom stereocenters. The first kappa shape index (κ1) is 24.4. The average Bonchev–Trinajstić information content (AvgIpc) is 2.73. The Balaban J connectivity index is 0.00000320. The quantitative estimate of drug-likeness (QED) is 0.550. The van der Waals surface area contributed by atoms with Crippen molar-refractivity contribution in [2.45, 2.75) is 24.9 Å². The number of carbonyl (C=O) groups is 1. The summed E-state index contributed by atoms with van der Waals surface area (Å²) in [5, 5.41) is 30.7. The second-order valence-electron chi connectivity index (χ2n) is 7.82. The van der Waals surface area contributed by atoms with Gasteiger partial charge in [0.25, 0.3) is 0 Å². The topological polar surface area (TPSA) is 90.6 Å². The summed E-state index contributed by atoms with van der Waals surface area (Å²) in [7, 11) is 1.91. The predicted octanol–water partition coefficient (Wildman–Crippen LogP) is -1.57. The van der Waals surface area contributed by atoms with Gasteiger partial charge in [0.15, 0.2) is 0 Å². The zero-order valence-corrected chi connectivity index (χ0v) is 19.7. The molecule has 0 saturated carbocycles. The predicted molar refractivity (Wildman–Crippen MR) is 110 cm³/mol. The molecular weight excluding hydrogens is 389 g/mol. The molecule has 1 heterocycles. The summed E-state index contributed by atoms with van der Waals surface area (Å²) in [6, 6.07) is 16.3. The number of benzene rings is 2. The Kier molecular flexibility index (Phi) is 8.90. The van der Waals surface area contributed by atoms with Gasteiger partial charge in [-0.05, 0) is 54.7 Å². The summed E-state index contributed by atoms with van der Waals surface area (Å²) < 4.78 is 0. The first-order valence-corrected chi connectivity index (χ1v) is 9.85. The number of likely N-dealkylation sites (N-methyl/N-ethyl adjacent to an activating group) is 1. The molecule has 0 radical (unpaired) electrons. The van der Waals surface area contributed by atoms with Crippen LogP contribution in [-0.2, 0) is 6.42 Å². The van der Waals surface area contributed by atoms with Crippen molar-refractivity contribution in [3.63, 3.8) is 0 Å². The Morgan fingerprint density at radius 1 is 1.17 bits per heavy atom. The van der Waals surface area contributed by atoms with E-state index in [4.69, 9.17) is 5.26 Å². The number of carboxylic acids is 1. The van der Waals surface area contributed by atoms with Gasteiger partial charge >= 0.3 is 29.6 Å². The Morgan fingerprint density at radius 2 is 1.77 bits per heavy atom. The zero-order chi connectivity index (χ0) is 20.9. The van der Waals surface area contributed by atoms with Crippen LogP contribution >= 0.6 is 0 Å². The number of piperidine rings is 1. The van der Waals surface area contributed by atoms with Crippen molar-refractivity contribution in [2.24, 2.45) is 0 Å². The van der Waals surface area contributed by atoms with E-state index in [0.717, 1.165) is 31.7 Å². The maximum atomic E-state index is 11.0. The van der Waals surface area contributed by atoms with Crippen molar-refractivity contribution in [3.05, 3.63) is 65.2 Å². The van der Waals surface area contributed by atoms with E-state index < -0.39 is 11.6 Å². The van der Waals surface area contributed by atoms with E-state index in [1.54, 1.807) is 12.1 Å². The fourth-order valence-electron chi connectivity index (χ4n) is 3.77. The molecule has 0 aromatic heterocycles. The number of carbonyl (C=O) groups excluding carboxylic acids is 1. The molecule has 1 N–H and O–H groups in total. The maximum absolute atomic E-state index is 11.0. The Bertz CT molecular complexity index is 870. The van der Waals surface area contributed by atoms with Gasteiger partial charge in [-0.25, -0.2) is 0 Å². The molecule has 0 bridgehead atoms. The van der Waals surface area contributed by atoms with Crippen LogP contribution in [0, 0.1) is 11.3 Å². The second kappa shape index (κ2) is 10.9. The van der Waals surface area contributed by atoms with Crippen LogP contribution in [0.2, 0.25) is 0 Å². The molecule has 3 rings (SSSR count). The van der Waals surface area contributed by atoms with Crippen LogP contribution < -0.4 is 39.6 Å². The second-order valence-corrected chi connectivity index (χ2v) is 7.82. The first-order valence-electron chi connectivity index (χ1n) is 9.85. The van der Waals surface area contributed by atoms with Crippen molar-refractivity contribution >= 4 is 11.7 Å². The summed E-state index contributed by atoms with van der Waals surface area (Å²) in [6.07, 6.45) is 2.32. The fourth-order valence-corrected chi connectivity index (χ4v) is 3.77. The summed E-state index contributed by atoms with van der Waals surface area (Å²) in [4.78, 5) is 15.2. The van der Waals surface area contributed by atoms with Crippen molar-refractivity contribution in [3.8, 4) is 6.07 Å². The number of likely N-dealkylation sites (tertiary alicyclic amines) is 1. The van der Waals surface area contributed by atoms with Gasteiger partial charge in [-0.3, -0.25) is 0 Å². The van der Waals surface area contributed by atoms with Crippen molar-refractivity contribution in [1.29, 1.82) is 5.26 Å².